The molecule has 0 saturated heterocycles. The zero-order chi connectivity index (χ0) is 14.8. The third kappa shape index (κ3) is 3.79. The average molecular weight is 337 g/mol. The van der Waals surface area contributed by atoms with Crippen LogP contribution in [0.1, 0.15) is 31.9 Å². The van der Waals surface area contributed by atoms with E-state index < -0.39 is 0 Å². The second kappa shape index (κ2) is 5.92. The molecule has 20 heavy (non-hydrogen) atoms. The molecule has 0 spiro atoms. The van der Waals surface area contributed by atoms with Gasteiger partial charge in [0.25, 0.3) is 0 Å². The summed E-state index contributed by atoms with van der Waals surface area (Å²) < 4.78 is 14.1. The number of hydrogen-bond donors (Lipinski definition) is 1. The summed E-state index contributed by atoms with van der Waals surface area (Å²) in [4.78, 5) is 4.39. The molecule has 0 amide bonds. The summed E-state index contributed by atoms with van der Waals surface area (Å²) in [6.45, 7) is 6.99. The van der Waals surface area contributed by atoms with Gasteiger partial charge in [0.05, 0.1) is 0 Å². The SMILES string of the molecule is CC(C)(C)c1ccc(NCc2cc(F)ccc2Br)nc1. The van der Waals surface area contributed by atoms with Gasteiger partial charge in [0.15, 0.2) is 0 Å². The molecule has 0 fully saturated rings. The van der Waals surface area contributed by atoms with E-state index in [0.717, 1.165) is 15.9 Å². The number of pyridine rings is 1. The van der Waals surface area contributed by atoms with Crippen LogP contribution in [0.2, 0.25) is 0 Å². The lowest BCUT2D eigenvalue weighted by Gasteiger charge is -2.18. The minimum Gasteiger partial charge on any atom is -0.366 e. The summed E-state index contributed by atoms with van der Waals surface area (Å²) in [5, 5.41) is 3.20. The first kappa shape index (κ1) is 15.0. The van der Waals surface area contributed by atoms with Crippen molar-refractivity contribution in [2.75, 3.05) is 5.32 Å². The van der Waals surface area contributed by atoms with E-state index in [1.165, 1.54) is 17.7 Å². The van der Waals surface area contributed by atoms with Crippen LogP contribution in [0.3, 0.4) is 0 Å². The zero-order valence-corrected chi connectivity index (χ0v) is 13.5. The molecule has 1 aromatic carbocycles. The van der Waals surface area contributed by atoms with Crippen molar-refractivity contribution in [3.8, 4) is 0 Å². The first-order valence-electron chi connectivity index (χ1n) is 6.50. The van der Waals surface area contributed by atoms with Gasteiger partial charge < -0.3 is 5.32 Å². The van der Waals surface area contributed by atoms with E-state index in [0.29, 0.717) is 6.54 Å². The van der Waals surface area contributed by atoms with E-state index >= 15 is 0 Å². The highest BCUT2D eigenvalue weighted by Crippen LogP contribution is 2.23. The van der Waals surface area contributed by atoms with Crippen LogP contribution in [0.4, 0.5) is 10.2 Å². The molecule has 0 radical (unpaired) electrons. The maximum absolute atomic E-state index is 13.2. The molecule has 0 unspecified atom stereocenters. The Bertz CT molecular complexity index is 588. The van der Waals surface area contributed by atoms with Crippen molar-refractivity contribution in [2.24, 2.45) is 0 Å². The van der Waals surface area contributed by atoms with E-state index in [2.05, 4.69) is 53.1 Å². The van der Waals surface area contributed by atoms with Gasteiger partial charge in [-0.05, 0) is 40.8 Å². The fraction of sp³-hybridized carbons (Fsp3) is 0.312. The molecule has 1 N–H and O–H groups in total. The van der Waals surface area contributed by atoms with E-state index in [4.69, 9.17) is 0 Å². The van der Waals surface area contributed by atoms with E-state index in [1.807, 2.05) is 12.3 Å². The van der Waals surface area contributed by atoms with Crippen molar-refractivity contribution < 1.29 is 4.39 Å². The molecule has 0 bridgehead atoms. The number of nitrogens with zero attached hydrogens (tertiary/aromatic N) is 1. The van der Waals surface area contributed by atoms with Crippen molar-refractivity contribution in [3.63, 3.8) is 0 Å². The third-order valence-electron chi connectivity index (χ3n) is 3.10. The summed E-state index contributed by atoms with van der Waals surface area (Å²) >= 11 is 3.41. The Labute approximate surface area is 127 Å². The van der Waals surface area contributed by atoms with Gasteiger partial charge in [0.1, 0.15) is 11.6 Å². The van der Waals surface area contributed by atoms with Crippen LogP contribution in [0, 0.1) is 5.82 Å². The fourth-order valence-corrected chi connectivity index (χ4v) is 2.19. The minimum absolute atomic E-state index is 0.0944. The molecule has 0 aliphatic heterocycles. The Morgan fingerprint density at radius 1 is 1.20 bits per heavy atom. The largest absolute Gasteiger partial charge is 0.366 e. The molecule has 0 aliphatic carbocycles. The molecule has 2 rings (SSSR count). The van der Waals surface area contributed by atoms with Crippen molar-refractivity contribution >= 4 is 21.7 Å². The van der Waals surface area contributed by atoms with Gasteiger partial charge in [-0.25, -0.2) is 9.37 Å². The van der Waals surface area contributed by atoms with Gasteiger partial charge >= 0.3 is 0 Å². The van der Waals surface area contributed by atoms with Crippen LogP contribution in [0.25, 0.3) is 0 Å². The predicted octanol–water partition coefficient (Wildman–Crippen LogP) is 4.89. The summed E-state index contributed by atoms with van der Waals surface area (Å²) in [6.07, 6.45) is 1.88. The highest BCUT2D eigenvalue weighted by atomic mass is 79.9. The van der Waals surface area contributed by atoms with Crippen LogP contribution in [-0.4, -0.2) is 4.98 Å². The summed E-state index contributed by atoms with van der Waals surface area (Å²) in [5.74, 6) is 0.551. The Morgan fingerprint density at radius 3 is 2.55 bits per heavy atom. The van der Waals surface area contributed by atoms with Crippen LogP contribution >= 0.6 is 15.9 Å². The van der Waals surface area contributed by atoms with Gasteiger partial charge in [0.2, 0.25) is 0 Å². The monoisotopic (exact) mass is 336 g/mol. The summed E-state index contributed by atoms with van der Waals surface area (Å²) in [6, 6.07) is 8.68. The molecule has 0 atom stereocenters. The van der Waals surface area contributed by atoms with E-state index in [9.17, 15) is 4.39 Å². The Kier molecular flexibility index (Phi) is 4.43. The normalized spacial score (nSPS) is 11.4. The Morgan fingerprint density at radius 2 is 1.95 bits per heavy atom. The van der Waals surface area contributed by atoms with E-state index in [-0.39, 0.29) is 11.2 Å². The van der Waals surface area contributed by atoms with Crippen LogP contribution < -0.4 is 5.32 Å². The minimum atomic E-state index is -0.235. The Balaban J connectivity index is 2.06. The third-order valence-corrected chi connectivity index (χ3v) is 3.87. The molecule has 1 aromatic heterocycles. The van der Waals surface area contributed by atoms with Crippen molar-refractivity contribution in [2.45, 2.75) is 32.7 Å². The molecule has 1 heterocycles. The standard InChI is InChI=1S/C16H18BrFN2/c1-16(2,3)12-4-7-15(20-10-12)19-9-11-8-13(18)5-6-14(11)17/h4-8,10H,9H2,1-3H3,(H,19,20). The summed E-state index contributed by atoms with van der Waals surface area (Å²) in [7, 11) is 0. The predicted molar refractivity (Wildman–Crippen MR) is 84.4 cm³/mol. The van der Waals surface area contributed by atoms with Crippen LogP contribution in [-0.2, 0) is 12.0 Å². The van der Waals surface area contributed by atoms with Crippen molar-refractivity contribution in [3.05, 3.63) is 57.9 Å². The number of halogens is 2. The lowest BCUT2D eigenvalue weighted by Crippen LogP contribution is -2.12. The fourth-order valence-electron chi connectivity index (χ4n) is 1.81. The smallest absolute Gasteiger partial charge is 0.126 e. The molecule has 0 aliphatic rings. The lowest BCUT2D eigenvalue weighted by atomic mass is 9.88. The van der Waals surface area contributed by atoms with Gasteiger partial charge in [-0.2, -0.15) is 0 Å². The number of hydrogen-bond acceptors (Lipinski definition) is 2. The van der Waals surface area contributed by atoms with Crippen molar-refractivity contribution in [1.82, 2.24) is 4.98 Å². The quantitative estimate of drug-likeness (QED) is 0.862. The number of benzene rings is 1. The van der Waals surface area contributed by atoms with Gasteiger partial charge in [-0.15, -0.1) is 0 Å². The Hall–Kier alpha value is -1.42. The molecular weight excluding hydrogens is 319 g/mol. The van der Waals surface area contributed by atoms with Crippen molar-refractivity contribution in [1.29, 1.82) is 0 Å². The molecule has 106 valence electrons. The molecule has 2 aromatic rings. The van der Waals surface area contributed by atoms with Crippen LogP contribution in [0.5, 0.6) is 0 Å². The number of nitrogens with one attached hydrogen (secondary N) is 1. The average Bonchev–Trinajstić information content (AvgIpc) is 2.39. The molecule has 2 nitrogen and oxygen atoms in total. The van der Waals surface area contributed by atoms with Gasteiger partial charge in [0, 0.05) is 17.2 Å². The zero-order valence-electron chi connectivity index (χ0n) is 11.9. The first-order chi connectivity index (χ1) is 9.36. The molecule has 4 heteroatoms. The highest BCUT2D eigenvalue weighted by molar-refractivity contribution is 9.10. The van der Waals surface area contributed by atoms with Gasteiger partial charge in [-0.3, -0.25) is 0 Å². The molecule has 0 saturated carbocycles. The topological polar surface area (TPSA) is 24.9 Å². The second-order valence-electron chi connectivity index (χ2n) is 5.77. The number of aromatic nitrogens is 1. The summed E-state index contributed by atoms with van der Waals surface area (Å²) in [5.41, 5.74) is 2.15. The first-order valence-corrected chi connectivity index (χ1v) is 7.30. The lowest BCUT2D eigenvalue weighted by molar-refractivity contribution is 0.587. The van der Waals surface area contributed by atoms with E-state index in [1.54, 1.807) is 6.07 Å². The maximum Gasteiger partial charge on any atom is 0.126 e. The number of rotatable bonds is 3. The maximum atomic E-state index is 13.2. The highest BCUT2D eigenvalue weighted by Gasteiger charge is 2.13. The second-order valence-corrected chi connectivity index (χ2v) is 6.63. The molecular formula is C16H18BrFN2. The van der Waals surface area contributed by atoms with Crippen LogP contribution in [0.15, 0.2) is 41.0 Å². The van der Waals surface area contributed by atoms with Gasteiger partial charge in [-0.1, -0.05) is 42.8 Å². The number of anilines is 1.